The molecule has 0 saturated carbocycles. The Kier molecular flexibility index (Phi) is 9.48. The molecular formula is C19H16Cl5N3O3S. The van der Waals surface area contributed by atoms with Crippen molar-refractivity contribution in [3.8, 4) is 0 Å². The second-order valence-electron chi connectivity index (χ2n) is 5.94. The molecule has 0 spiro atoms. The molecule has 0 fully saturated rings. The van der Waals surface area contributed by atoms with Crippen molar-refractivity contribution in [2.75, 3.05) is 11.9 Å². The Labute approximate surface area is 209 Å². The molecule has 0 aliphatic rings. The number of para-hydroxylation sites is 1. The Morgan fingerprint density at radius 1 is 1.06 bits per heavy atom. The number of carbonyl (C=O) groups excluding carboxylic acids is 2. The summed E-state index contributed by atoms with van der Waals surface area (Å²) in [6.07, 6.45) is -1.24. The highest BCUT2D eigenvalue weighted by molar-refractivity contribution is 7.80. The number of rotatable bonds is 6. The lowest BCUT2D eigenvalue weighted by atomic mass is 10.2. The molecule has 0 bridgehead atoms. The van der Waals surface area contributed by atoms with E-state index in [1.165, 1.54) is 18.2 Å². The standard InChI is InChI=1S/C19H16Cl5N3O3S/c1-2-30-16(29)12-5-3-4-6-14(12)25-18(31)27-17(19(22,23)24)26-15(28)11-8-7-10(20)9-13(11)21/h3-9,17H,2H2,1H3,(H,26,28)(H2,25,27,31). The van der Waals surface area contributed by atoms with Gasteiger partial charge in [-0.15, -0.1) is 0 Å². The van der Waals surface area contributed by atoms with E-state index in [2.05, 4.69) is 16.0 Å². The van der Waals surface area contributed by atoms with Crippen LogP contribution in [0.2, 0.25) is 10.0 Å². The fourth-order valence-electron chi connectivity index (χ4n) is 2.35. The number of nitrogens with one attached hydrogen (secondary N) is 3. The smallest absolute Gasteiger partial charge is 0.340 e. The molecule has 31 heavy (non-hydrogen) atoms. The van der Waals surface area contributed by atoms with Crippen LogP contribution in [0, 0.1) is 0 Å². The number of amides is 1. The Balaban J connectivity index is 2.16. The zero-order valence-corrected chi connectivity index (χ0v) is 20.4. The summed E-state index contributed by atoms with van der Waals surface area (Å²) in [6, 6.07) is 10.9. The molecule has 1 unspecified atom stereocenters. The van der Waals surface area contributed by atoms with Crippen molar-refractivity contribution < 1.29 is 14.3 Å². The van der Waals surface area contributed by atoms with E-state index < -0.39 is 21.8 Å². The first kappa shape index (κ1) is 25.8. The Bertz CT molecular complexity index is 985. The summed E-state index contributed by atoms with van der Waals surface area (Å²) in [7, 11) is 0. The zero-order chi connectivity index (χ0) is 23.2. The molecule has 2 aromatic rings. The van der Waals surface area contributed by atoms with Crippen molar-refractivity contribution in [1.82, 2.24) is 10.6 Å². The second kappa shape index (κ2) is 11.4. The highest BCUT2D eigenvalue weighted by Crippen LogP contribution is 2.30. The summed E-state index contributed by atoms with van der Waals surface area (Å²) in [5, 5.41) is 8.52. The number of esters is 1. The molecule has 12 heteroatoms. The second-order valence-corrected chi connectivity index (χ2v) is 9.56. The first-order valence-electron chi connectivity index (χ1n) is 8.69. The number of halogens is 5. The van der Waals surface area contributed by atoms with Crippen molar-refractivity contribution >= 4 is 92.9 Å². The predicted molar refractivity (Wildman–Crippen MR) is 130 cm³/mol. The van der Waals surface area contributed by atoms with Gasteiger partial charge in [0, 0.05) is 5.02 Å². The zero-order valence-electron chi connectivity index (χ0n) is 15.8. The quantitative estimate of drug-likeness (QED) is 0.191. The van der Waals surface area contributed by atoms with Gasteiger partial charge in [-0.2, -0.15) is 0 Å². The fourth-order valence-corrected chi connectivity index (χ4v) is 3.40. The maximum Gasteiger partial charge on any atom is 0.340 e. The molecule has 0 radical (unpaired) electrons. The largest absolute Gasteiger partial charge is 0.462 e. The van der Waals surface area contributed by atoms with Crippen molar-refractivity contribution in [2.45, 2.75) is 16.9 Å². The van der Waals surface area contributed by atoms with Crippen molar-refractivity contribution in [1.29, 1.82) is 0 Å². The highest BCUT2D eigenvalue weighted by Gasteiger charge is 2.35. The van der Waals surface area contributed by atoms with E-state index in [1.54, 1.807) is 31.2 Å². The normalized spacial score (nSPS) is 11.9. The van der Waals surface area contributed by atoms with E-state index in [1.807, 2.05) is 0 Å². The molecule has 0 aliphatic carbocycles. The number of thiocarbonyl (C=S) groups is 1. The summed E-state index contributed by atoms with van der Waals surface area (Å²) < 4.78 is 3.04. The number of anilines is 1. The topological polar surface area (TPSA) is 79.5 Å². The Morgan fingerprint density at radius 3 is 2.35 bits per heavy atom. The summed E-state index contributed by atoms with van der Waals surface area (Å²) in [4.78, 5) is 24.7. The van der Waals surface area contributed by atoms with Gasteiger partial charge >= 0.3 is 5.97 Å². The fraction of sp³-hybridized carbons (Fsp3) is 0.211. The molecule has 1 atom stereocenters. The molecule has 0 aliphatic heterocycles. The van der Waals surface area contributed by atoms with Gasteiger partial charge in [0.2, 0.25) is 3.79 Å². The molecule has 1 amide bonds. The van der Waals surface area contributed by atoms with E-state index in [4.69, 9.17) is 75.0 Å². The maximum absolute atomic E-state index is 12.6. The van der Waals surface area contributed by atoms with Gasteiger partial charge in [0.1, 0.15) is 6.17 Å². The minimum Gasteiger partial charge on any atom is -0.462 e. The number of alkyl halides is 3. The average Bonchev–Trinajstić information content (AvgIpc) is 2.67. The van der Waals surface area contributed by atoms with E-state index in [0.717, 1.165) is 0 Å². The van der Waals surface area contributed by atoms with Crippen molar-refractivity contribution in [3.05, 3.63) is 63.6 Å². The average molecular weight is 544 g/mol. The van der Waals surface area contributed by atoms with Crippen LogP contribution in [-0.4, -0.2) is 33.6 Å². The summed E-state index contributed by atoms with van der Waals surface area (Å²) >= 11 is 35.2. The van der Waals surface area contributed by atoms with Crippen LogP contribution in [0.25, 0.3) is 0 Å². The van der Waals surface area contributed by atoms with Gasteiger partial charge in [-0.1, -0.05) is 70.1 Å². The molecule has 2 aromatic carbocycles. The van der Waals surface area contributed by atoms with Gasteiger partial charge in [0.25, 0.3) is 5.91 Å². The SMILES string of the molecule is CCOC(=O)c1ccccc1NC(=S)NC(NC(=O)c1ccc(Cl)cc1Cl)C(Cl)(Cl)Cl. The lowest BCUT2D eigenvalue weighted by molar-refractivity contribution is 0.0527. The number of hydrogen-bond acceptors (Lipinski definition) is 4. The van der Waals surface area contributed by atoms with E-state index >= 15 is 0 Å². The molecule has 3 N–H and O–H groups in total. The minimum absolute atomic E-state index is 0.0180. The molecular weight excluding hydrogens is 528 g/mol. The van der Waals surface area contributed by atoms with Gasteiger partial charge in [-0.3, -0.25) is 4.79 Å². The van der Waals surface area contributed by atoms with Crippen LogP contribution in [0.5, 0.6) is 0 Å². The van der Waals surface area contributed by atoms with E-state index in [0.29, 0.717) is 10.7 Å². The molecule has 6 nitrogen and oxygen atoms in total. The number of ether oxygens (including phenoxy) is 1. The van der Waals surface area contributed by atoms with Crippen LogP contribution in [0.15, 0.2) is 42.5 Å². The Hall–Kier alpha value is -1.48. The van der Waals surface area contributed by atoms with Crippen molar-refractivity contribution in [2.24, 2.45) is 0 Å². The third-order valence-electron chi connectivity index (χ3n) is 3.72. The monoisotopic (exact) mass is 541 g/mol. The third kappa shape index (κ3) is 7.56. The molecule has 0 saturated heterocycles. The minimum atomic E-state index is -1.99. The third-order valence-corrected chi connectivity index (χ3v) is 5.15. The van der Waals surface area contributed by atoms with Gasteiger partial charge in [-0.05, 0) is 49.5 Å². The number of carbonyl (C=O) groups is 2. The van der Waals surface area contributed by atoms with Crippen LogP contribution in [0.3, 0.4) is 0 Å². The van der Waals surface area contributed by atoms with Crippen LogP contribution >= 0.6 is 70.2 Å². The Morgan fingerprint density at radius 2 is 1.74 bits per heavy atom. The van der Waals surface area contributed by atoms with E-state index in [9.17, 15) is 9.59 Å². The molecule has 166 valence electrons. The predicted octanol–water partition coefficient (Wildman–Crippen LogP) is 5.58. The van der Waals surface area contributed by atoms with Gasteiger partial charge < -0.3 is 20.7 Å². The van der Waals surface area contributed by atoms with Crippen LogP contribution in [0.4, 0.5) is 5.69 Å². The van der Waals surface area contributed by atoms with Crippen LogP contribution < -0.4 is 16.0 Å². The molecule has 0 aromatic heterocycles. The molecule has 2 rings (SSSR count). The maximum atomic E-state index is 12.6. The van der Waals surface area contributed by atoms with Gasteiger partial charge in [0.05, 0.1) is 28.4 Å². The van der Waals surface area contributed by atoms with Crippen molar-refractivity contribution in [3.63, 3.8) is 0 Å². The lowest BCUT2D eigenvalue weighted by Crippen LogP contribution is -2.56. The summed E-state index contributed by atoms with van der Waals surface area (Å²) in [5.41, 5.74) is 0.753. The molecule has 0 heterocycles. The first-order valence-corrected chi connectivity index (χ1v) is 11.0. The lowest BCUT2D eigenvalue weighted by Gasteiger charge is -2.28. The van der Waals surface area contributed by atoms with Gasteiger partial charge in [0.15, 0.2) is 5.11 Å². The van der Waals surface area contributed by atoms with Crippen LogP contribution in [-0.2, 0) is 4.74 Å². The highest BCUT2D eigenvalue weighted by atomic mass is 35.6. The van der Waals surface area contributed by atoms with Gasteiger partial charge in [-0.25, -0.2) is 4.79 Å². The summed E-state index contributed by atoms with van der Waals surface area (Å²) in [5.74, 6) is -1.16. The van der Waals surface area contributed by atoms with Crippen LogP contribution in [0.1, 0.15) is 27.6 Å². The summed E-state index contributed by atoms with van der Waals surface area (Å²) in [6.45, 7) is 1.91. The first-order chi connectivity index (χ1) is 14.5. The number of hydrogen-bond donors (Lipinski definition) is 3. The number of benzene rings is 2. The van der Waals surface area contributed by atoms with E-state index in [-0.39, 0.29) is 27.9 Å².